The van der Waals surface area contributed by atoms with Crippen LogP contribution in [0.25, 0.3) is 10.9 Å². The van der Waals surface area contributed by atoms with E-state index in [2.05, 4.69) is 21.4 Å². The minimum absolute atomic E-state index is 0.572. The van der Waals surface area contributed by atoms with Gasteiger partial charge in [-0.05, 0) is 6.07 Å². The molecule has 0 saturated heterocycles. The Balaban J connectivity index is 1.87. The van der Waals surface area contributed by atoms with Gasteiger partial charge in [-0.2, -0.15) is 5.26 Å². The van der Waals surface area contributed by atoms with Gasteiger partial charge in [0.15, 0.2) is 0 Å². The van der Waals surface area contributed by atoms with Gasteiger partial charge in [0.1, 0.15) is 6.07 Å². The molecule has 2 heterocycles. The number of thiazole rings is 1. The molecule has 20 heavy (non-hydrogen) atoms. The highest BCUT2D eigenvalue weighted by atomic mass is 32.1. The monoisotopic (exact) mass is 280 g/mol. The molecule has 5 heteroatoms. The third kappa shape index (κ3) is 2.46. The van der Waals surface area contributed by atoms with Crippen LogP contribution in [0.3, 0.4) is 0 Å². The molecule has 0 unspecified atom stereocenters. The van der Waals surface area contributed by atoms with Crippen molar-refractivity contribution in [3.8, 4) is 6.07 Å². The molecule has 0 aliphatic carbocycles. The maximum Gasteiger partial charge on any atom is 0.103 e. The van der Waals surface area contributed by atoms with Crippen LogP contribution in [0.15, 0.2) is 42.0 Å². The van der Waals surface area contributed by atoms with Crippen LogP contribution in [0.1, 0.15) is 10.6 Å². The normalized spacial score (nSPS) is 10.3. The number of para-hydroxylation sites is 1. The average Bonchev–Trinajstić information content (AvgIpc) is 3.00. The highest BCUT2D eigenvalue weighted by molar-refractivity contribution is 7.09. The fourth-order valence-electron chi connectivity index (χ4n) is 2.09. The van der Waals surface area contributed by atoms with Gasteiger partial charge in [-0.25, -0.2) is 4.98 Å². The Morgan fingerprint density at radius 1 is 1.25 bits per heavy atom. The van der Waals surface area contributed by atoms with Crippen LogP contribution in [0.4, 0.5) is 5.69 Å². The van der Waals surface area contributed by atoms with Gasteiger partial charge in [0, 0.05) is 36.1 Å². The summed E-state index contributed by atoms with van der Waals surface area (Å²) in [4.78, 5) is 8.55. The van der Waals surface area contributed by atoms with Crippen molar-refractivity contribution in [2.45, 2.75) is 6.42 Å². The Kier molecular flexibility index (Phi) is 3.57. The molecule has 0 aliphatic rings. The Morgan fingerprint density at radius 3 is 2.95 bits per heavy atom. The minimum Gasteiger partial charge on any atom is -0.383 e. The summed E-state index contributed by atoms with van der Waals surface area (Å²) >= 11 is 1.64. The molecule has 0 fully saturated rings. The number of fused-ring (bicyclic) bond motifs is 1. The number of hydrogen-bond donors (Lipinski definition) is 1. The molecule has 3 rings (SSSR count). The van der Waals surface area contributed by atoms with Crippen molar-refractivity contribution in [3.05, 3.63) is 52.6 Å². The number of anilines is 1. The molecule has 0 aliphatic heterocycles. The first-order valence-electron chi connectivity index (χ1n) is 6.28. The maximum absolute atomic E-state index is 9.22. The summed E-state index contributed by atoms with van der Waals surface area (Å²) in [6.07, 6.45) is 4.27. The molecule has 2 aromatic heterocycles. The summed E-state index contributed by atoms with van der Waals surface area (Å²) in [5, 5.41) is 16.6. The zero-order valence-electron chi connectivity index (χ0n) is 10.7. The fourth-order valence-corrected chi connectivity index (χ4v) is 2.71. The van der Waals surface area contributed by atoms with E-state index < -0.39 is 0 Å². The van der Waals surface area contributed by atoms with Gasteiger partial charge in [0.2, 0.25) is 0 Å². The lowest BCUT2D eigenvalue weighted by Crippen LogP contribution is -2.07. The molecule has 4 nitrogen and oxygen atoms in total. The average molecular weight is 280 g/mol. The number of pyridine rings is 1. The van der Waals surface area contributed by atoms with Crippen molar-refractivity contribution < 1.29 is 0 Å². The molecule has 0 spiro atoms. The van der Waals surface area contributed by atoms with Gasteiger partial charge in [0.05, 0.1) is 21.8 Å². The van der Waals surface area contributed by atoms with E-state index in [0.717, 1.165) is 34.6 Å². The lowest BCUT2D eigenvalue weighted by atomic mass is 10.1. The lowest BCUT2D eigenvalue weighted by Gasteiger charge is -2.10. The van der Waals surface area contributed by atoms with E-state index in [4.69, 9.17) is 0 Å². The highest BCUT2D eigenvalue weighted by Gasteiger charge is 2.08. The molecule has 0 saturated carbocycles. The first-order valence-corrected chi connectivity index (χ1v) is 7.16. The van der Waals surface area contributed by atoms with Gasteiger partial charge in [0.25, 0.3) is 0 Å². The first kappa shape index (κ1) is 12.6. The van der Waals surface area contributed by atoms with Crippen LogP contribution in [0.2, 0.25) is 0 Å². The summed E-state index contributed by atoms with van der Waals surface area (Å²) in [6, 6.07) is 10.0. The highest BCUT2D eigenvalue weighted by Crippen LogP contribution is 2.25. The van der Waals surface area contributed by atoms with E-state index in [1.807, 2.05) is 35.8 Å². The van der Waals surface area contributed by atoms with Crippen molar-refractivity contribution in [3.63, 3.8) is 0 Å². The van der Waals surface area contributed by atoms with E-state index in [1.54, 1.807) is 17.5 Å². The summed E-state index contributed by atoms with van der Waals surface area (Å²) in [5.74, 6) is 0. The Bertz CT molecular complexity index is 759. The lowest BCUT2D eigenvalue weighted by molar-refractivity contribution is 0.998. The minimum atomic E-state index is 0.572. The standard InChI is InChI=1S/C15H12N4S/c16-9-11-10-19-13-4-2-1-3-12(13)15(11)18-6-5-14-17-7-8-20-14/h1-4,7-8,10H,5-6H2,(H,18,19). The van der Waals surface area contributed by atoms with Crippen LogP contribution >= 0.6 is 11.3 Å². The molecule has 98 valence electrons. The number of benzene rings is 1. The summed E-state index contributed by atoms with van der Waals surface area (Å²) in [6.45, 7) is 0.746. The van der Waals surface area contributed by atoms with Gasteiger partial charge in [-0.15, -0.1) is 11.3 Å². The third-order valence-electron chi connectivity index (χ3n) is 3.02. The number of nitriles is 1. The Morgan fingerprint density at radius 2 is 2.15 bits per heavy atom. The molecule has 3 aromatic rings. The summed E-state index contributed by atoms with van der Waals surface area (Å²) in [7, 11) is 0. The van der Waals surface area contributed by atoms with Crippen LogP contribution in [0, 0.1) is 11.3 Å². The van der Waals surface area contributed by atoms with Crippen molar-refractivity contribution in [2.75, 3.05) is 11.9 Å². The van der Waals surface area contributed by atoms with Crippen LogP contribution in [-0.4, -0.2) is 16.5 Å². The number of nitrogens with one attached hydrogen (secondary N) is 1. The van der Waals surface area contributed by atoms with Crippen LogP contribution in [-0.2, 0) is 6.42 Å². The van der Waals surface area contributed by atoms with E-state index in [1.165, 1.54) is 0 Å². The third-order valence-corrected chi connectivity index (χ3v) is 3.86. The number of aromatic nitrogens is 2. The topological polar surface area (TPSA) is 61.6 Å². The zero-order chi connectivity index (χ0) is 13.8. The molecule has 1 N–H and O–H groups in total. The van der Waals surface area contributed by atoms with Crippen LogP contribution < -0.4 is 5.32 Å². The molecular formula is C15H12N4S. The van der Waals surface area contributed by atoms with Gasteiger partial charge >= 0.3 is 0 Å². The molecular weight excluding hydrogens is 268 g/mol. The van der Waals surface area contributed by atoms with E-state index in [-0.39, 0.29) is 0 Å². The first-order chi connectivity index (χ1) is 9.88. The second kappa shape index (κ2) is 5.68. The maximum atomic E-state index is 9.22. The predicted molar refractivity (Wildman–Crippen MR) is 80.8 cm³/mol. The zero-order valence-corrected chi connectivity index (χ0v) is 11.5. The predicted octanol–water partition coefficient (Wildman–Crippen LogP) is 3.22. The number of rotatable bonds is 4. The quantitative estimate of drug-likeness (QED) is 0.797. The molecule has 1 aromatic carbocycles. The Labute approximate surface area is 120 Å². The molecule has 0 radical (unpaired) electrons. The second-order valence-electron chi connectivity index (χ2n) is 4.28. The molecule has 0 atom stereocenters. The van der Waals surface area contributed by atoms with E-state index in [9.17, 15) is 5.26 Å². The molecule has 0 bridgehead atoms. The van der Waals surface area contributed by atoms with Gasteiger partial charge in [-0.1, -0.05) is 18.2 Å². The Hall–Kier alpha value is -2.45. The number of nitrogens with zero attached hydrogens (tertiary/aromatic N) is 3. The van der Waals surface area contributed by atoms with Gasteiger partial charge in [-0.3, -0.25) is 4.98 Å². The number of hydrogen-bond acceptors (Lipinski definition) is 5. The fraction of sp³-hybridized carbons (Fsp3) is 0.133. The van der Waals surface area contributed by atoms with Crippen molar-refractivity contribution in [2.24, 2.45) is 0 Å². The van der Waals surface area contributed by atoms with Crippen LogP contribution in [0.5, 0.6) is 0 Å². The summed E-state index contributed by atoms with van der Waals surface area (Å²) in [5.41, 5.74) is 2.32. The smallest absolute Gasteiger partial charge is 0.103 e. The van der Waals surface area contributed by atoms with E-state index in [0.29, 0.717) is 5.56 Å². The van der Waals surface area contributed by atoms with Crippen molar-refractivity contribution in [1.29, 1.82) is 5.26 Å². The SMILES string of the molecule is N#Cc1cnc2ccccc2c1NCCc1nccs1. The molecule has 0 amide bonds. The largest absolute Gasteiger partial charge is 0.383 e. The van der Waals surface area contributed by atoms with E-state index >= 15 is 0 Å². The van der Waals surface area contributed by atoms with Crippen molar-refractivity contribution >= 4 is 27.9 Å². The van der Waals surface area contributed by atoms with Gasteiger partial charge < -0.3 is 5.32 Å². The second-order valence-corrected chi connectivity index (χ2v) is 5.26. The summed E-state index contributed by atoms with van der Waals surface area (Å²) < 4.78 is 0. The van der Waals surface area contributed by atoms with Crippen molar-refractivity contribution in [1.82, 2.24) is 9.97 Å².